The van der Waals surface area contributed by atoms with Crippen LogP contribution in [0.5, 0.6) is 0 Å². The first-order valence-electron chi connectivity index (χ1n) is 9.20. The van der Waals surface area contributed by atoms with Gasteiger partial charge in [0.2, 0.25) is 0 Å². The second-order valence-corrected chi connectivity index (χ2v) is 6.96. The topological polar surface area (TPSA) is 28.2 Å². The minimum atomic E-state index is 0.559. The SMILES string of the molecule is c1ccc(CN2CCCC(NCc3ccc4ccccc4c3)C2)nc1. The fraction of sp³-hybridized carbons (Fsp3) is 0.318. The van der Waals surface area contributed by atoms with Gasteiger partial charge in [0.15, 0.2) is 0 Å². The number of hydrogen-bond donors (Lipinski definition) is 1. The average Bonchev–Trinajstić information content (AvgIpc) is 2.67. The summed E-state index contributed by atoms with van der Waals surface area (Å²) in [6.45, 7) is 4.16. The number of pyridine rings is 1. The molecule has 0 spiro atoms. The number of fused-ring (bicyclic) bond motifs is 1. The van der Waals surface area contributed by atoms with Crippen molar-refractivity contribution in [3.05, 3.63) is 78.1 Å². The highest BCUT2D eigenvalue weighted by Gasteiger charge is 2.19. The van der Waals surface area contributed by atoms with Crippen LogP contribution in [-0.2, 0) is 13.1 Å². The van der Waals surface area contributed by atoms with Gasteiger partial charge in [0, 0.05) is 31.9 Å². The number of nitrogens with one attached hydrogen (secondary N) is 1. The van der Waals surface area contributed by atoms with Crippen LogP contribution in [-0.4, -0.2) is 29.0 Å². The van der Waals surface area contributed by atoms with E-state index in [1.54, 1.807) is 0 Å². The molecule has 3 nitrogen and oxygen atoms in total. The van der Waals surface area contributed by atoms with Crippen LogP contribution in [0.2, 0.25) is 0 Å². The van der Waals surface area contributed by atoms with Crippen LogP contribution in [0.1, 0.15) is 24.1 Å². The first kappa shape index (κ1) is 16.2. The Labute approximate surface area is 149 Å². The fourth-order valence-corrected chi connectivity index (χ4v) is 3.70. The van der Waals surface area contributed by atoms with Gasteiger partial charge in [-0.05, 0) is 53.9 Å². The van der Waals surface area contributed by atoms with E-state index in [-0.39, 0.29) is 0 Å². The van der Waals surface area contributed by atoms with Crippen molar-refractivity contribution in [1.82, 2.24) is 15.2 Å². The van der Waals surface area contributed by atoms with Crippen LogP contribution in [0, 0.1) is 0 Å². The van der Waals surface area contributed by atoms with Gasteiger partial charge < -0.3 is 5.32 Å². The third-order valence-corrected chi connectivity index (χ3v) is 5.03. The zero-order valence-corrected chi connectivity index (χ0v) is 14.6. The zero-order chi connectivity index (χ0) is 16.9. The van der Waals surface area contributed by atoms with Gasteiger partial charge in [0.05, 0.1) is 5.69 Å². The summed E-state index contributed by atoms with van der Waals surface area (Å²) in [6.07, 6.45) is 4.39. The Hall–Kier alpha value is -2.23. The van der Waals surface area contributed by atoms with Crippen LogP contribution < -0.4 is 5.32 Å². The average molecular weight is 331 g/mol. The normalized spacial score (nSPS) is 18.5. The molecule has 3 aromatic rings. The smallest absolute Gasteiger partial charge is 0.0543 e. The van der Waals surface area contributed by atoms with E-state index in [2.05, 4.69) is 69.8 Å². The molecule has 1 aromatic heterocycles. The molecular weight excluding hydrogens is 306 g/mol. The number of benzene rings is 2. The second kappa shape index (κ2) is 7.77. The Bertz CT molecular complexity index is 816. The van der Waals surface area contributed by atoms with Crippen LogP contribution in [0.3, 0.4) is 0 Å². The van der Waals surface area contributed by atoms with Crippen LogP contribution in [0.25, 0.3) is 10.8 Å². The van der Waals surface area contributed by atoms with Crippen LogP contribution >= 0.6 is 0 Å². The lowest BCUT2D eigenvalue weighted by Gasteiger charge is -2.33. The third kappa shape index (κ3) is 4.25. The quantitative estimate of drug-likeness (QED) is 0.766. The Morgan fingerprint density at radius 3 is 2.76 bits per heavy atom. The van der Waals surface area contributed by atoms with E-state index in [1.165, 1.54) is 35.7 Å². The summed E-state index contributed by atoms with van der Waals surface area (Å²) in [7, 11) is 0. The van der Waals surface area contributed by atoms with E-state index in [0.29, 0.717) is 6.04 Å². The van der Waals surface area contributed by atoms with Gasteiger partial charge in [-0.15, -0.1) is 0 Å². The minimum Gasteiger partial charge on any atom is -0.309 e. The second-order valence-electron chi connectivity index (χ2n) is 6.96. The summed E-state index contributed by atoms with van der Waals surface area (Å²) >= 11 is 0. The van der Waals surface area contributed by atoms with Crippen molar-refractivity contribution in [2.24, 2.45) is 0 Å². The first-order chi connectivity index (χ1) is 12.4. The minimum absolute atomic E-state index is 0.559. The molecule has 1 aliphatic rings. The molecule has 0 radical (unpaired) electrons. The molecule has 1 fully saturated rings. The van der Waals surface area contributed by atoms with Gasteiger partial charge in [-0.3, -0.25) is 9.88 Å². The van der Waals surface area contributed by atoms with Crippen molar-refractivity contribution >= 4 is 10.8 Å². The highest BCUT2D eigenvalue weighted by molar-refractivity contribution is 5.82. The van der Waals surface area contributed by atoms with Crippen molar-refractivity contribution in [2.75, 3.05) is 13.1 Å². The summed E-state index contributed by atoms with van der Waals surface area (Å²) in [4.78, 5) is 6.98. The number of aromatic nitrogens is 1. The first-order valence-corrected chi connectivity index (χ1v) is 9.20. The van der Waals surface area contributed by atoms with Crippen LogP contribution in [0.15, 0.2) is 66.9 Å². The summed E-state index contributed by atoms with van der Waals surface area (Å²) in [5.41, 5.74) is 2.53. The Morgan fingerprint density at radius 2 is 1.88 bits per heavy atom. The highest BCUT2D eigenvalue weighted by atomic mass is 15.2. The molecule has 2 aromatic carbocycles. The van der Waals surface area contributed by atoms with E-state index >= 15 is 0 Å². The van der Waals surface area contributed by atoms with Crippen molar-refractivity contribution in [3.63, 3.8) is 0 Å². The number of likely N-dealkylation sites (tertiary alicyclic amines) is 1. The molecule has 0 saturated carbocycles. The highest BCUT2D eigenvalue weighted by Crippen LogP contribution is 2.17. The lowest BCUT2D eigenvalue weighted by atomic mass is 10.0. The molecule has 25 heavy (non-hydrogen) atoms. The van der Waals surface area contributed by atoms with Crippen LogP contribution in [0.4, 0.5) is 0 Å². The van der Waals surface area contributed by atoms with E-state index in [4.69, 9.17) is 0 Å². The van der Waals surface area contributed by atoms with Crippen molar-refractivity contribution in [1.29, 1.82) is 0 Å². The predicted molar refractivity (Wildman–Crippen MR) is 103 cm³/mol. The third-order valence-electron chi connectivity index (χ3n) is 5.03. The van der Waals surface area contributed by atoms with E-state index in [0.717, 1.165) is 25.3 Å². The Balaban J connectivity index is 1.34. The fourth-order valence-electron chi connectivity index (χ4n) is 3.70. The van der Waals surface area contributed by atoms with E-state index in [9.17, 15) is 0 Å². The maximum Gasteiger partial charge on any atom is 0.0543 e. The molecule has 1 saturated heterocycles. The van der Waals surface area contributed by atoms with Crippen molar-refractivity contribution in [3.8, 4) is 0 Å². The molecule has 128 valence electrons. The molecule has 0 amide bonds. The van der Waals surface area contributed by atoms with Crippen molar-refractivity contribution in [2.45, 2.75) is 32.0 Å². The molecular formula is C22H25N3. The molecule has 1 atom stereocenters. The lowest BCUT2D eigenvalue weighted by Crippen LogP contribution is -2.45. The summed E-state index contributed by atoms with van der Waals surface area (Å²) in [5, 5.41) is 6.39. The van der Waals surface area contributed by atoms with E-state index < -0.39 is 0 Å². The van der Waals surface area contributed by atoms with Gasteiger partial charge in [-0.25, -0.2) is 0 Å². The van der Waals surface area contributed by atoms with E-state index in [1.807, 2.05) is 12.3 Å². The molecule has 3 heteroatoms. The molecule has 2 heterocycles. The molecule has 1 unspecified atom stereocenters. The Morgan fingerprint density at radius 1 is 1.00 bits per heavy atom. The molecule has 0 aliphatic carbocycles. The summed E-state index contributed by atoms with van der Waals surface area (Å²) < 4.78 is 0. The summed E-state index contributed by atoms with van der Waals surface area (Å²) in [6, 6.07) is 22.1. The summed E-state index contributed by atoms with van der Waals surface area (Å²) in [5.74, 6) is 0. The number of piperidine rings is 1. The van der Waals surface area contributed by atoms with Gasteiger partial charge in [0.25, 0.3) is 0 Å². The van der Waals surface area contributed by atoms with Gasteiger partial charge in [-0.1, -0.05) is 42.5 Å². The largest absolute Gasteiger partial charge is 0.309 e. The number of nitrogens with zero attached hydrogens (tertiary/aromatic N) is 2. The maximum absolute atomic E-state index is 4.46. The standard InChI is InChI=1S/C22H25N3/c1-2-7-20-14-18(10-11-19(20)6-1)15-24-22-9-5-13-25(17-22)16-21-8-3-4-12-23-21/h1-4,6-8,10-12,14,22,24H,5,9,13,15-17H2. The lowest BCUT2D eigenvalue weighted by molar-refractivity contribution is 0.181. The maximum atomic E-state index is 4.46. The molecule has 1 aliphatic heterocycles. The van der Waals surface area contributed by atoms with Crippen molar-refractivity contribution < 1.29 is 0 Å². The number of rotatable bonds is 5. The predicted octanol–water partition coefficient (Wildman–Crippen LogP) is 3.99. The molecule has 1 N–H and O–H groups in total. The molecule has 0 bridgehead atoms. The Kier molecular flexibility index (Phi) is 5.05. The number of hydrogen-bond acceptors (Lipinski definition) is 3. The van der Waals surface area contributed by atoms with Gasteiger partial charge in [-0.2, -0.15) is 0 Å². The molecule has 4 rings (SSSR count). The zero-order valence-electron chi connectivity index (χ0n) is 14.6. The van der Waals surface area contributed by atoms with Gasteiger partial charge >= 0.3 is 0 Å². The monoisotopic (exact) mass is 331 g/mol. The van der Waals surface area contributed by atoms with Gasteiger partial charge in [0.1, 0.15) is 0 Å².